The highest BCUT2D eigenvalue weighted by Gasteiger charge is 2.21. The van der Waals surface area contributed by atoms with Gasteiger partial charge in [0.1, 0.15) is 0 Å². The van der Waals surface area contributed by atoms with Crippen molar-refractivity contribution >= 4 is 33.5 Å². The molecule has 0 aliphatic rings. The minimum atomic E-state index is -3.76. The Hall–Kier alpha value is -2.92. The Morgan fingerprint density at radius 1 is 1.09 bits per heavy atom. The van der Waals surface area contributed by atoms with Gasteiger partial charge < -0.3 is 10.6 Å². The van der Waals surface area contributed by atoms with Crippen LogP contribution in [-0.2, 0) is 28.7 Å². The molecule has 1 heterocycles. The van der Waals surface area contributed by atoms with Gasteiger partial charge in [-0.25, -0.2) is 14.6 Å². The number of nitrogens with zero attached hydrogens (tertiary/aromatic N) is 2. The van der Waals surface area contributed by atoms with Crippen molar-refractivity contribution in [2.24, 2.45) is 5.14 Å². The average molecular weight is 491 g/mol. The third-order valence-corrected chi connectivity index (χ3v) is 5.51. The predicted octanol–water partition coefficient (Wildman–Crippen LogP) is 3.44. The van der Waals surface area contributed by atoms with E-state index in [1.165, 1.54) is 0 Å². The van der Waals surface area contributed by atoms with Crippen molar-refractivity contribution in [1.82, 2.24) is 19.8 Å². The summed E-state index contributed by atoms with van der Waals surface area (Å²) >= 11 is 6.15. The van der Waals surface area contributed by atoms with E-state index in [-0.39, 0.29) is 24.5 Å². The molecule has 0 aliphatic heterocycles. The quantitative estimate of drug-likeness (QED) is 0.404. The molecule has 1 aromatic heterocycles. The molecule has 3 rings (SSSR count). The first-order valence-corrected chi connectivity index (χ1v) is 12.1. The van der Waals surface area contributed by atoms with Crippen LogP contribution in [0.25, 0.3) is 5.69 Å². The molecule has 0 saturated heterocycles. The normalized spacial score (nSPS) is 11.9. The second-order valence-corrected chi connectivity index (χ2v) is 10.3. The first kappa shape index (κ1) is 24.7. The molecule has 0 aliphatic carbocycles. The van der Waals surface area contributed by atoms with E-state index >= 15 is 0 Å². The molecular weight excluding hydrogens is 464 g/mol. The van der Waals surface area contributed by atoms with Gasteiger partial charge in [0.15, 0.2) is 0 Å². The summed E-state index contributed by atoms with van der Waals surface area (Å²) in [5, 5.41) is 15.8. The van der Waals surface area contributed by atoms with Gasteiger partial charge in [0, 0.05) is 22.7 Å². The Kier molecular flexibility index (Phi) is 7.43. The van der Waals surface area contributed by atoms with Crippen LogP contribution in [0.5, 0.6) is 0 Å². The standard InChI is InChI=1S/C22H27ClN6O3S/c1-22(2,3)20-12-19(29(28-20)18-6-4-5-16(23)11-18)14-25-21(30)27-17-9-7-15(8-10-17)13-26-33(24,31)32/h4-12,26H,13-14H2,1-3H3,(H2,24,31,32)(H2,25,27,30). The summed E-state index contributed by atoms with van der Waals surface area (Å²) in [7, 11) is -3.76. The molecule has 2 amide bonds. The van der Waals surface area contributed by atoms with Crippen molar-refractivity contribution in [2.75, 3.05) is 5.32 Å². The first-order chi connectivity index (χ1) is 15.4. The Bertz CT molecular complexity index is 1230. The second-order valence-electron chi connectivity index (χ2n) is 8.53. The molecule has 0 unspecified atom stereocenters. The number of urea groups is 1. The minimum absolute atomic E-state index is 0.0644. The molecular formula is C22H27ClN6O3S. The van der Waals surface area contributed by atoms with Crippen molar-refractivity contribution in [1.29, 1.82) is 0 Å². The summed E-state index contributed by atoms with van der Waals surface area (Å²) in [6.07, 6.45) is 0. The van der Waals surface area contributed by atoms with Crippen molar-refractivity contribution < 1.29 is 13.2 Å². The van der Waals surface area contributed by atoms with Gasteiger partial charge in [-0.05, 0) is 42.0 Å². The van der Waals surface area contributed by atoms with Gasteiger partial charge in [-0.2, -0.15) is 18.2 Å². The number of amides is 2. The molecule has 3 aromatic rings. The molecule has 0 fully saturated rings. The van der Waals surface area contributed by atoms with E-state index < -0.39 is 10.2 Å². The molecule has 0 spiro atoms. The lowest BCUT2D eigenvalue weighted by molar-refractivity contribution is 0.251. The number of hydrogen-bond donors (Lipinski definition) is 4. The van der Waals surface area contributed by atoms with E-state index in [4.69, 9.17) is 21.8 Å². The Balaban J connectivity index is 1.68. The maximum Gasteiger partial charge on any atom is 0.319 e. The van der Waals surface area contributed by atoms with Gasteiger partial charge in [-0.1, -0.05) is 50.6 Å². The van der Waals surface area contributed by atoms with Crippen molar-refractivity contribution in [2.45, 2.75) is 39.3 Å². The van der Waals surface area contributed by atoms with Crippen LogP contribution >= 0.6 is 11.6 Å². The van der Waals surface area contributed by atoms with Crippen LogP contribution in [0, 0.1) is 0 Å². The van der Waals surface area contributed by atoms with E-state index in [0.717, 1.165) is 17.1 Å². The summed E-state index contributed by atoms with van der Waals surface area (Å²) in [4.78, 5) is 12.5. The fraction of sp³-hybridized carbons (Fsp3) is 0.273. The van der Waals surface area contributed by atoms with Gasteiger partial charge in [-0.15, -0.1) is 0 Å². The molecule has 2 aromatic carbocycles. The Morgan fingerprint density at radius 3 is 2.39 bits per heavy atom. The average Bonchev–Trinajstić information content (AvgIpc) is 3.16. The summed E-state index contributed by atoms with van der Waals surface area (Å²) in [5.41, 5.74) is 3.60. The van der Waals surface area contributed by atoms with E-state index in [9.17, 15) is 13.2 Å². The number of nitrogens with two attached hydrogens (primary N) is 1. The van der Waals surface area contributed by atoms with E-state index in [1.54, 1.807) is 35.0 Å². The predicted molar refractivity (Wildman–Crippen MR) is 130 cm³/mol. The number of halogens is 1. The fourth-order valence-electron chi connectivity index (χ4n) is 2.98. The summed E-state index contributed by atoms with van der Waals surface area (Å²) in [6, 6.07) is 15.7. The zero-order chi connectivity index (χ0) is 24.2. The first-order valence-electron chi connectivity index (χ1n) is 10.2. The molecule has 176 valence electrons. The minimum Gasteiger partial charge on any atom is -0.332 e. The molecule has 5 N–H and O–H groups in total. The number of benzene rings is 2. The number of anilines is 1. The molecule has 9 nitrogen and oxygen atoms in total. The van der Waals surface area contributed by atoms with Crippen molar-refractivity contribution in [3.05, 3.63) is 76.6 Å². The van der Waals surface area contributed by atoms with Crippen LogP contribution in [0.1, 0.15) is 37.7 Å². The topological polar surface area (TPSA) is 131 Å². The van der Waals surface area contributed by atoms with Gasteiger partial charge in [0.2, 0.25) is 0 Å². The molecule has 33 heavy (non-hydrogen) atoms. The number of aromatic nitrogens is 2. The summed E-state index contributed by atoms with van der Waals surface area (Å²) in [5.74, 6) is 0. The van der Waals surface area contributed by atoms with Gasteiger partial charge >= 0.3 is 6.03 Å². The molecule has 11 heteroatoms. The van der Waals surface area contributed by atoms with Crippen LogP contribution in [0.15, 0.2) is 54.6 Å². The third-order valence-electron chi connectivity index (χ3n) is 4.72. The van der Waals surface area contributed by atoms with E-state index in [2.05, 4.69) is 36.1 Å². The number of carbonyl (C=O) groups excluding carboxylic acids is 1. The van der Waals surface area contributed by atoms with Gasteiger partial charge in [0.25, 0.3) is 10.2 Å². The van der Waals surface area contributed by atoms with Crippen LogP contribution in [0.3, 0.4) is 0 Å². The third kappa shape index (κ3) is 7.29. The van der Waals surface area contributed by atoms with E-state index in [0.29, 0.717) is 16.3 Å². The number of carbonyl (C=O) groups is 1. The smallest absolute Gasteiger partial charge is 0.319 e. The number of nitrogens with one attached hydrogen (secondary N) is 3. The highest BCUT2D eigenvalue weighted by atomic mass is 35.5. The van der Waals surface area contributed by atoms with Crippen LogP contribution in [0.4, 0.5) is 10.5 Å². The molecule has 0 saturated carbocycles. The Labute approximate surface area is 198 Å². The SMILES string of the molecule is CC(C)(C)c1cc(CNC(=O)Nc2ccc(CNS(N)(=O)=O)cc2)n(-c2cccc(Cl)c2)n1. The monoisotopic (exact) mass is 490 g/mol. The maximum atomic E-state index is 12.5. The summed E-state index contributed by atoms with van der Waals surface area (Å²) in [6.45, 7) is 6.53. The van der Waals surface area contributed by atoms with Crippen LogP contribution < -0.4 is 20.5 Å². The fourth-order valence-corrected chi connectivity index (χ4v) is 3.53. The van der Waals surface area contributed by atoms with Gasteiger partial charge in [-0.3, -0.25) is 0 Å². The highest BCUT2D eigenvalue weighted by Crippen LogP contribution is 2.24. The Morgan fingerprint density at radius 2 is 1.79 bits per heavy atom. The molecule has 0 atom stereocenters. The van der Waals surface area contributed by atoms with Crippen LogP contribution in [-0.4, -0.2) is 24.2 Å². The van der Waals surface area contributed by atoms with E-state index in [1.807, 2.05) is 24.3 Å². The zero-order valence-corrected chi connectivity index (χ0v) is 20.2. The molecule has 0 radical (unpaired) electrons. The maximum absolute atomic E-state index is 12.5. The largest absolute Gasteiger partial charge is 0.332 e. The number of hydrogen-bond acceptors (Lipinski definition) is 4. The van der Waals surface area contributed by atoms with Crippen molar-refractivity contribution in [3.8, 4) is 5.69 Å². The summed E-state index contributed by atoms with van der Waals surface area (Å²) < 4.78 is 25.9. The number of rotatable bonds is 7. The lowest BCUT2D eigenvalue weighted by Gasteiger charge is -2.14. The van der Waals surface area contributed by atoms with Crippen LogP contribution in [0.2, 0.25) is 5.02 Å². The lowest BCUT2D eigenvalue weighted by atomic mass is 9.92. The second kappa shape index (κ2) is 9.92. The van der Waals surface area contributed by atoms with Gasteiger partial charge in [0.05, 0.1) is 23.6 Å². The lowest BCUT2D eigenvalue weighted by Crippen LogP contribution is -2.30. The highest BCUT2D eigenvalue weighted by molar-refractivity contribution is 7.87. The van der Waals surface area contributed by atoms with Crippen molar-refractivity contribution in [3.63, 3.8) is 0 Å². The molecule has 0 bridgehead atoms. The zero-order valence-electron chi connectivity index (χ0n) is 18.6.